The fourth-order valence-corrected chi connectivity index (χ4v) is 5.19. The zero-order valence-electron chi connectivity index (χ0n) is 13.7. The zero-order chi connectivity index (χ0) is 17.4. The number of aliphatic carboxylic acids is 1. The Hall–Kier alpha value is -2.13. The van der Waals surface area contributed by atoms with Crippen LogP contribution in [0.3, 0.4) is 0 Å². The molecule has 0 spiro atoms. The Balaban J connectivity index is 1.89. The van der Waals surface area contributed by atoms with E-state index in [1.807, 2.05) is 26.0 Å². The number of nitrogens with one attached hydrogen (secondary N) is 1. The highest BCUT2D eigenvalue weighted by Gasteiger charge is 2.48. The molecule has 0 radical (unpaired) electrons. The van der Waals surface area contributed by atoms with Gasteiger partial charge >= 0.3 is 5.97 Å². The molecule has 1 aromatic rings. The van der Waals surface area contributed by atoms with Crippen molar-refractivity contribution in [3.63, 3.8) is 0 Å². The average Bonchev–Trinajstić information content (AvgIpc) is 2.88. The van der Waals surface area contributed by atoms with Gasteiger partial charge in [0, 0.05) is 4.88 Å². The Kier molecular flexibility index (Phi) is 4.46. The Morgan fingerprint density at radius 2 is 1.96 bits per heavy atom. The molecule has 0 saturated heterocycles. The van der Waals surface area contributed by atoms with Crippen LogP contribution in [0.15, 0.2) is 12.2 Å². The Morgan fingerprint density at radius 3 is 2.46 bits per heavy atom. The number of nitrogens with zero attached hydrogens (tertiary/aromatic N) is 1. The summed E-state index contributed by atoms with van der Waals surface area (Å²) in [6, 6.07) is 2.18. The maximum absolute atomic E-state index is 12.8. The molecule has 3 aliphatic carbocycles. The van der Waals surface area contributed by atoms with Crippen LogP contribution in [0.5, 0.6) is 0 Å². The number of allylic oxidation sites excluding steroid dienone is 2. The molecule has 126 valence electrons. The first-order valence-corrected chi connectivity index (χ1v) is 9.03. The van der Waals surface area contributed by atoms with Crippen molar-refractivity contribution >= 4 is 28.2 Å². The third-order valence-electron chi connectivity index (χ3n) is 5.25. The van der Waals surface area contributed by atoms with Crippen molar-refractivity contribution in [2.45, 2.75) is 33.1 Å². The quantitative estimate of drug-likeness (QED) is 0.820. The van der Waals surface area contributed by atoms with E-state index >= 15 is 0 Å². The number of carboxylic acid groups (broad SMARTS) is 1. The molecule has 0 aromatic carbocycles. The molecule has 6 heteroatoms. The summed E-state index contributed by atoms with van der Waals surface area (Å²) < 4.78 is 0. The van der Waals surface area contributed by atoms with Crippen molar-refractivity contribution < 1.29 is 14.7 Å². The van der Waals surface area contributed by atoms with Crippen LogP contribution < -0.4 is 5.32 Å². The molecule has 4 rings (SSSR count). The highest BCUT2D eigenvalue weighted by molar-refractivity contribution is 7.16. The lowest BCUT2D eigenvalue weighted by atomic mass is 9.62. The lowest BCUT2D eigenvalue weighted by Gasteiger charge is -2.41. The summed E-state index contributed by atoms with van der Waals surface area (Å²) in [5.41, 5.74) is 1.47. The Bertz CT molecular complexity index is 759. The normalized spacial score (nSPS) is 27.7. The van der Waals surface area contributed by atoms with Gasteiger partial charge in [-0.3, -0.25) is 9.59 Å². The van der Waals surface area contributed by atoms with Gasteiger partial charge in [0.15, 0.2) is 0 Å². The number of hydrogen-bond donors (Lipinski definition) is 2. The molecule has 24 heavy (non-hydrogen) atoms. The van der Waals surface area contributed by atoms with Gasteiger partial charge in [-0.25, -0.2) is 0 Å². The first kappa shape index (κ1) is 16.7. The van der Waals surface area contributed by atoms with Crippen molar-refractivity contribution in [2.75, 3.05) is 5.32 Å². The topological polar surface area (TPSA) is 90.2 Å². The van der Waals surface area contributed by atoms with Crippen molar-refractivity contribution in [3.8, 4) is 6.07 Å². The Labute approximate surface area is 145 Å². The van der Waals surface area contributed by atoms with E-state index in [1.54, 1.807) is 0 Å². The van der Waals surface area contributed by atoms with Crippen molar-refractivity contribution in [2.24, 2.45) is 23.7 Å². The monoisotopic (exact) mass is 344 g/mol. The van der Waals surface area contributed by atoms with Gasteiger partial charge in [-0.2, -0.15) is 5.26 Å². The van der Waals surface area contributed by atoms with Gasteiger partial charge in [0.05, 0.1) is 17.4 Å². The second-order valence-corrected chi connectivity index (χ2v) is 7.70. The van der Waals surface area contributed by atoms with Gasteiger partial charge in [-0.05, 0) is 43.6 Å². The molecule has 4 atom stereocenters. The summed E-state index contributed by atoms with van der Waals surface area (Å²) in [7, 11) is 0. The lowest BCUT2D eigenvalue weighted by Crippen LogP contribution is -2.47. The van der Waals surface area contributed by atoms with Gasteiger partial charge in [-0.15, -0.1) is 11.3 Å². The number of carboxylic acids is 1. The van der Waals surface area contributed by atoms with Crippen molar-refractivity contribution in [3.05, 3.63) is 28.2 Å². The van der Waals surface area contributed by atoms with Crippen molar-refractivity contribution in [1.82, 2.24) is 0 Å². The number of nitriles is 1. The van der Waals surface area contributed by atoms with Gasteiger partial charge in [0.1, 0.15) is 11.1 Å². The third kappa shape index (κ3) is 2.63. The number of anilines is 1. The fraction of sp³-hybridized carbons (Fsp3) is 0.500. The molecule has 2 N–H and O–H groups in total. The molecule has 1 heterocycles. The molecule has 1 fully saturated rings. The molecule has 2 bridgehead atoms. The minimum atomic E-state index is -0.911. The average molecular weight is 344 g/mol. The van der Waals surface area contributed by atoms with E-state index in [9.17, 15) is 20.0 Å². The van der Waals surface area contributed by atoms with Crippen LogP contribution in [0.25, 0.3) is 0 Å². The first-order valence-electron chi connectivity index (χ1n) is 8.22. The molecule has 0 unspecified atom stereocenters. The van der Waals surface area contributed by atoms with Gasteiger partial charge < -0.3 is 10.4 Å². The van der Waals surface area contributed by atoms with E-state index in [2.05, 4.69) is 11.4 Å². The molecule has 1 saturated carbocycles. The summed E-state index contributed by atoms with van der Waals surface area (Å²) in [6.45, 7) is 3.91. The van der Waals surface area contributed by atoms with E-state index in [0.29, 0.717) is 10.6 Å². The highest BCUT2D eigenvalue weighted by atomic mass is 32.1. The lowest BCUT2D eigenvalue weighted by molar-refractivity contribution is -0.151. The number of amides is 1. The van der Waals surface area contributed by atoms with E-state index in [0.717, 1.165) is 29.7 Å². The minimum Gasteiger partial charge on any atom is -0.481 e. The minimum absolute atomic E-state index is 0.0339. The second kappa shape index (κ2) is 6.40. The van der Waals surface area contributed by atoms with Gasteiger partial charge in [0.25, 0.3) is 0 Å². The largest absolute Gasteiger partial charge is 0.481 e. The SMILES string of the molecule is CCc1c(C)sc(NC(=O)[C@@H]2[C@H](C(=O)O)[C@H]3C=C[C@H]2CC3)c1C#N. The molecule has 1 aromatic heterocycles. The third-order valence-corrected chi connectivity index (χ3v) is 6.31. The summed E-state index contributed by atoms with van der Waals surface area (Å²) in [4.78, 5) is 25.5. The number of aryl methyl sites for hydroxylation is 1. The predicted molar refractivity (Wildman–Crippen MR) is 91.7 cm³/mol. The van der Waals surface area contributed by atoms with Crippen LogP contribution >= 0.6 is 11.3 Å². The molecule has 1 amide bonds. The second-order valence-electron chi connectivity index (χ2n) is 6.48. The van der Waals surface area contributed by atoms with E-state index < -0.39 is 17.8 Å². The molecular formula is C18H20N2O3S. The molecule has 5 nitrogen and oxygen atoms in total. The predicted octanol–water partition coefficient (Wildman–Crippen LogP) is 3.34. The van der Waals surface area contributed by atoms with Crippen LogP contribution in [-0.2, 0) is 16.0 Å². The van der Waals surface area contributed by atoms with Crippen LogP contribution in [0.2, 0.25) is 0 Å². The maximum atomic E-state index is 12.8. The number of fused-ring (bicyclic) bond motifs is 2. The van der Waals surface area contributed by atoms with Crippen LogP contribution in [0.4, 0.5) is 5.00 Å². The van der Waals surface area contributed by atoms with E-state index in [4.69, 9.17) is 0 Å². The van der Waals surface area contributed by atoms with Crippen LogP contribution in [-0.4, -0.2) is 17.0 Å². The van der Waals surface area contributed by atoms with Crippen LogP contribution in [0, 0.1) is 41.9 Å². The number of thiophene rings is 1. The molecule has 0 aliphatic heterocycles. The maximum Gasteiger partial charge on any atom is 0.307 e. The summed E-state index contributed by atoms with van der Waals surface area (Å²) >= 11 is 1.39. The van der Waals surface area contributed by atoms with Gasteiger partial charge in [0.2, 0.25) is 5.91 Å². The van der Waals surface area contributed by atoms with E-state index in [1.165, 1.54) is 11.3 Å². The smallest absolute Gasteiger partial charge is 0.307 e. The molecular weight excluding hydrogens is 324 g/mol. The summed E-state index contributed by atoms with van der Waals surface area (Å²) in [5, 5.41) is 22.4. The van der Waals surface area contributed by atoms with Gasteiger partial charge in [-0.1, -0.05) is 19.1 Å². The molecule has 3 aliphatic rings. The number of carbonyl (C=O) groups is 2. The van der Waals surface area contributed by atoms with Crippen LogP contribution in [0.1, 0.15) is 35.8 Å². The Morgan fingerprint density at radius 1 is 1.33 bits per heavy atom. The number of carbonyl (C=O) groups excluding carboxylic acids is 1. The standard InChI is InChI=1S/C18H20N2O3S/c1-3-12-9(2)24-17(13(12)8-19)20-16(21)14-10-4-6-11(7-5-10)15(14)18(22)23/h4,6,10-11,14-15H,3,5,7H2,1-2H3,(H,20,21)(H,22,23)/t10-,11-,14-,15+/m0/s1. The fourth-order valence-electron chi connectivity index (χ4n) is 4.09. The summed E-state index contributed by atoms with van der Waals surface area (Å²) in [5.74, 6) is -2.53. The van der Waals surface area contributed by atoms with Crippen molar-refractivity contribution in [1.29, 1.82) is 5.26 Å². The highest BCUT2D eigenvalue weighted by Crippen LogP contribution is 2.46. The van der Waals surface area contributed by atoms with E-state index in [-0.39, 0.29) is 17.7 Å². The number of hydrogen-bond acceptors (Lipinski definition) is 4. The summed E-state index contributed by atoms with van der Waals surface area (Å²) in [6.07, 6.45) is 6.33. The zero-order valence-corrected chi connectivity index (χ0v) is 14.5. The first-order chi connectivity index (χ1) is 11.5. The number of rotatable bonds is 4.